The maximum Gasteiger partial charge on any atom is 0.257 e. The van der Waals surface area contributed by atoms with Crippen LogP contribution in [0, 0.1) is 0 Å². The minimum absolute atomic E-state index is 0.0190. The molecule has 1 amide bonds. The Morgan fingerprint density at radius 2 is 1.88 bits per heavy atom. The van der Waals surface area contributed by atoms with Crippen LogP contribution in [0.15, 0.2) is 65.1 Å². The molecule has 34 heavy (non-hydrogen) atoms. The van der Waals surface area contributed by atoms with Crippen LogP contribution in [0.3, 0.4) is 0 Å². The molecule has 0 saturated carbocycles. The second-order valence-electron chi connectivity index (χ2n) is 8.00. The van der Waals surface area contributed by atoms with Gasteiger partial charge in [0, 0.05) is 11.3 Å². The first-order valence-corrected chi connectivity index (χ1v) is 11.3. The van der Waals surface area contributed by atoms with Crippen molar-refractivity contribution in [3.8, 4) is 23.0 Å². The first-order chi connectivity index (χ1) is 16.3. The summed E-state index contributed by atoms with van der Waals surface area (Å²) in [6.07, 6.45) is 0. The summed E-state index contributed by atoms with van der Waals surface area (Å²) in [5.74, 6) is 1.02. The first kappa shape index (κ1) is 23.3. The second-order valence-corrected chi connectivity index (χ2v) is 8.41. The highest BCUT2D eigenvalue weighted by Gasteiger charge is 2.15. The molecule has 0 fully saturated rings. The van der Waals surface area contributed by atoms with Crippen molar-refractivity contribution in [1.82, 2.24) is 10.3 Å². The number of nitrogens with zero attached hydrogens (tertiary/aromatic N) is 1. The minimum Gasteiger partial charge on any atom is -0.507 e. The quantitative estimate of drug-likeness (QED) is 0.238. The number of aromatic hydroxyl groups is 1. The number of aromatic nitrogens is 1. The van der Waals surface area contributed by atoms with Crippen LogP contribution in [0.4, 0.5) is 5.69 Å². The van der Waals surface area contributed by atoms with Gasteiger partial charge in [-0.25, -0.2) is 4.98 Å². The fraction of sp³-hybridized carbons (Fsp3) is 0.192. The van der Waals surface area contributed by atoms with E-state index >= 15 is 0 Å². The lowest BCUT2D eigenvalue weighted by molar-refractivity contribution is 0.0977. The molecule has 4 aromatic rings. The monoisotopic (exact) mass is 475 g/mol. The molecular formula is C26H25N3O4S. The largest absolute Gasteiger partial charge is 0.507 e. The zero-order valence-corrected chi connectivity index (χ0v) is 19.9. The van der Waals surface area contributed by atoms with Gasteiger partial charge in [-0.3, -0.25) is 10.1 Å². The van der Waals surface area contributed by atoms with E-state index < -0.39 is 0 Å². The molecule has 0 aliphatic heterocycles. The summed E-state index contributed by atoms with van der Waals surface area (Å²) < 4.78 is 11.3. The lowest BCUT2D eigenvalue weighted by Crippen LogP contribution is -2.34. The van der Waals surface area contributed by atoms with Crippen molar-refractivity contribution in [1.29, 1.82) is 0 Å². The zero-order valence-electron chi connectivity index (χ0n) is 19.1. The highest BCUT2D eigenvalue weighted by molar-refractivity contribution is 7.80. The number of carbonyl (C=O) groups is 1. The molecule has 0 atom stereocenters. The number of hydrogen-bond acceptors (Lipinski definition) is 6. The highest BCUT2D eigenvalue weighted by Crippen LogP contribution is 2.34. The third-order valence-corrected chi connectivity index (χ3v) is 5.42. The number of anilines is 1. The zero-order chi connectivity index (χ0) is 24.2. The molecule has 7 nitrogen and oxygen atoms in total. The lowest BCUT2D eigenvalue weighted by atomic mass is 10.0. The smallest absolute Gasteiger partial charge is 0.257 e. The molecule has 1 aromatic heterocycles. The van der Waals surface area contributed by atoms with Gasteiger partial charge in [-0.2, -0.15) is 0 Å². The third kappa shape index (κ3) is 5.18. The summed E-state index contributed by atoms with van der Waals surface area (Å²) in [5, 5.41) is 16.1. The van der Waals surface area contributed by atoms with E-state index in [1.807, 2.05) is 25.1 Å². The maximum absolute atomic E-state index is 12.5. The summed E-state index contributed by atoms with van der Waals surface area (Å²) in [7, 11) is 0. The number of carbonyl (C=O) groups excluding carboxylic acids is 1. The minimum atomic E-state index is -0.348. The van der Waals surface area contributed by atoms with Gasteiger partial charge in [-0.15, -0.1) is 0 Å². The van der Waals surface area contributed by atoms with E-state index in [4.69, 9.17) is 21.4 Å². The van der Waals surface area contributed by atoms with Crippen molar-refractivity contribution < 1.29 is 19.1 Å². The molecule has 4 rings (SSSR count). The Kier molecular flexibility index (Phi) is 6.79. The van der Waals surface area contributed by atoms with Crippen molar-refractivity contribution in [2.75, 3.05) is 11.9 Å². The standard InChI is InChI=1S/C26H25N3O4S/c1-4-32-19-9-5-16(6-10-19)24(31)29-26(34)27-18-8-11-22(30)20(14-18)25-28-21-13-17(15(2)3)7-12-23(21)33-25/h5-15,30H,4H2,1-3H3,(H2,27,29,31,34). The molecule has 0 spiro atoms. The van der Waals surface area contributed by atoms with E-state index in [9.17, 15) is 9.90 Å². The SMILES string of the molecule is CCOc1ccc(C(=O)NC(=S)Nc2ccc(O)c(-c3nc4cc(C(C)C)ccc4o3)c2)cc1. The Morgan fingerprint density at radius 3 is 2.59 bits per heavy atom. The number of amides is 1. The van der Waals surface area contributed by atoms with E-state index in [-0.39, 0.29) is 16.8 Å². The van der Waals surface area contributed by atoms with Crippen LogP contribution >= 0.6 is 12.2 Å². The highest BCUT2D eigenvalue weighted by atomic mass is 32.1. The van der Waals surface area contributed by atoms with E-state index in [1.54, 1.807) is 36.4 Å². The van der Waals surface area contributed by atoms with E-state index in [0.29, 0.717) is 46.6 Å². The first-order valence-electron chi connectivity index (χ1n) is 10.9. The van der Waals surface area contributed by atoms with Crippen molar-refractivity contribution in [3.05, 3.63) is 71.8 Å². The molecule has 174 valence electrons. The average Bonchev–Trinajstić information content (AvgIpc) is 3.24. The van der Waals surface area contributed by atoms with Gasteiger partial charge in [-0.1, -0.05) is 19.9 Å². The van der Waals surface area contributed by atoms with Gasteiger partial charge in [0.25, 0.3) is 5.91 Å². The topological polar surface area (TPSA) is 96.6 Å². The molecule has 8 heteroatoms. The average molecular weight is 476 g/mol. The Morgan fingerprint density at radius 1 is 1.12 bits per heavy atom. The Labute approximate surface area is 202 Å². The number of ether oxygens (including phenoxy) is 1. The number of thiocarbonyl (C=S) groups is 1. The van der Waals surface area contributed by atoms with Crippen molar-refractivity contribution in [3.63, 3.8) is 0 Å². The Hall–Kier alpha value is -3.91. The molecule has 0 aliphatic carbocycles. The van der Waals surface area contributed by atoms with Crippen molar-refractivity contribution >= 4 is 40.0 Å². The lowest BCUT2D eigenvalue weighted by Gasteiger charge is -2.11. The normalized spacial score (nSPS) is 10.9. The Balaban J connectivity index is 1.49. The van der Waals surface area contributed by atoms with Crippen LogP contribution in [0.1, 0.15) is 42.6 Å². The van der Waals surface area contributed by atoms with Gasteiger partial charge in [0.15, 0.2) is 10.7 Å². The molecule has 0 bridgehead atoms. The predicted octanol–water partition coefficient (Wildman–Crippen LogP) is 5.85. The molecule has 0 aliphatic rings. The Bertz CT molecular complexity index is 1350. The van der Waals surface area contributed by atoms with Crippen LogP contribution in [0.25, 0.3) is 22.6 Å². The van der Waals surface area contributed by atoms with Gasteiger partial charge in [0.1, 0.15) is 17.0 Å². The number of phenols is 1. The number of oxazole rings is 1. The van der Waals surface area contributed by atoms with E-state index in [0.717, 1.165) is 11.1 Å². The molecule has 0 radical (unpaired) electrons. The molecule has 3 N–H and O–H groups in total. The summed E-state index contributed by atoms with van der Waals surface area (Å²) in [6, 6.07) is 17.5. The fourth-order valence-electron chi connectivity index (χ4n) is 3.41. The van der Waals surface area contributed by atoms with Gasteiger partial charge >= 0.3 is 0 Å². The molecule has 1 heterocycles. The van der Waals surface area contributed by atoms with E-state index in [1.165, 1.54) is 6.07 Å². The summed E-state index contributed by atoms with van der Waals surface area (Å²) in [4.78, 5) is 17.0. The van der Waals surface area contributed by atoms with Crippen LogP contribution in [-0.4, -0.2) is 27.7 Å². The third-order valence-electron chi connectivity index (χ3n) is 5.22. The molecule has 3 aromatic carbocycles. The molecule has 0 saturated heterocycles. The van der Waals surface area contributed by atoms with Crippen molar-refractivity contribution in [2.24, 2.45) is 0 Å². The van der Waals surface area contributed by atoms with Crippen LogP contribution in [0.5, 0.6) is 11.5 Å². The van der Waals surface area contributed by atoms with Crippen LogP contribution in [0.2, 0.25) is 0 Å². The maximum atomic E-state index is 12.5. The fourth-order valence-corrected chi connectivity index (χ4v) is 3.62. The molecule has 0 unspecified atom stereocenters. The van der Waals surface area contributed by atoms with Gasteiger partial charge < -0.3 is 19.6 Å². The van der Waals surface area contributed by atoms with Gasteiger partial charge in [0.05, 0.1) is 12.2 Å². The van der Waals surface area contributed by atoms with Gasteiger partial charge in [-0.05, 0) is 85.2 Å². The number of benzene rings is 3. The van der Waals surface area contributed by atoms with Crippen LogP contribution in [-0.2, 0) is 0 Å². The second kappa shape index (κ2) is 9.93. The number of hydrogen-bond donors (Lipinski definition) is 3. The number of fused-ring (bicyclic) bond motifs is 1. The molecular weight excluding hydrogens is 450 g/mol. The van der Waals surface area contributed by atoms with E-state index in [2.05, 4.69) is 29.5 Å². The summed E-state index contributed by atoms with van der Waals surface area (Å²) in [6.45, 7) is 6.67. The predicted molar refractivity (Wildman–Crippen MR) is 136 cm³/mol. The summed E-state index contributed by atoms with van der Waals surface area (Å²) >= 11 is 5.29. The number of rotatable bonds is 6. The van der Waals surface area contributed by atoms with Crippen LogP contribution < -0.4 is 15.4 Å². The number of phenolic OH excluding ortho intramolecular Hbond substituents is 1. The van der Waals surface area contributed by atoms with Crippen molar-refractivity contribution in [2.45, 2.75) is 26.7 Å². The number of nitrogens with one attached hydrogen (secondary N) is 2. The summed E-state index contributed by atoms with van der Waals surface area (Å²) in [5.41, 5.74) is 3.93. The van der Waals surface area contributed by atoms with Gasteiger partial charge in [0.2, 0.25) is 5.89 Å².